The van der Waals surface area contributed by atoms with E-state index >= 15 is 0 Å². The Balaban J connectivity index is 1.59. The molecule has 1 aromatic rings. The van der Waals surface area contributed by atoms with Gasteiger partial charge >= 0.3 is 0 Å². The van der Waals surface area contributed by atoms with Gasteiger partial charge in [0.25, 0.3) is 0 Å². The van der Waals surface area contributed by atoms with Crippen LogP contribution in [0.5, 0.6) is 0 Å². The summed E-state index contributed by atoms with van der Waals surface area (Å²) in [5.74, 6) is 0.866. The molecule has 0 aromatic heterocycles. The summed E-state index contributed by atoms with van der Waals surface area (Å²) in [4.78, 5) is 0. The highest BCUT2D eigenvalue weighted by Crippen LogP contribution is 2.24. The van der Waals surface area contributed by atoms with Crippen LogP contribution < -0.4 is 5.32 Å². The van der Waals surface area contributed by atoms with E-state index < -0.39 is 0 Å². The lowest BCUT2D eigenvalue weighted by molar-refractivity contribution is 0.443. The Kier molecular flexibility index (Phi) is 7.25. The monoisotopic (exact) mass is 351 g/mol. The van der Waals surface area contributed by atoms with Crippen LogP contribution in [-0.4, -0.2) is 12.6 Å². The van der Waals surface area contributed by atoms with Gasteiger partial charge in [-0.1, -0.05) is 61.5 Å². The Bertz CT molecular complexity index is 428. The first-order valence-corrected chi connectivity index (χ1v) is 9.45. The highest BCUT2D eigenvalue weighted by molar-refractivity contribution is 9.10. The lowest BCUT2D eigenvalue weighted by Gasteiger charge is -2.26. The number of hydrogen-bond acceptors (Lipinski definition) is 1. The second-order valence-electron chi connectivity index (χ2n) is 6.90. The highest BCUT2D eigenvalue weighted by atomic mass is 79.9. The minimum atomic E-state index is 0.689. The number of hydrogen-bond donors (Lipinski definition) is 1. The Morgan fingerprint density at radius 1 is 1.14 bits per heavy atom. The third-order valence-electron chi connectivity index (χ3n) is 4.54. The van der Waals surface area contributed by atoms with E-state index in [2.05, 4.69) is 53.3 Å². The molecule has 1 N–H and O–H groups in total. The Hall–Kier alpha value is -0.340. The lowest BCUT2D eigenvalue weighted by Crippen LogP contribution is -2.35. The third kappa shape index (κ3) is 6.12. The first kappa shape index (κ1) is 17.0. The average Bonchev–Trinajstić information content (AvgIpc) is 2.46. The molecule has 1 aromatic carbocycles. The van der Waals surface area contributed by atoms with Gasteiger partial charge in [-0.2, -0.15) is 0 Å². The number of benzene rings is 1. The van der Waals surface area contributed by atoms with Crippen molar-refractivity contribution in [2.24, 2.45) is 5.92 Å². The van der Waals surface area contributed by atoms with Gasteiger partial charge in [0, 0.05) is 10.5 Å². The van der Waals surface area contributed by atoms with E-state index in [0.29, 0.717) is 6.04 Å². The van der Waals surface area contributed by atoms with E-state index in [1.54, 1.807) is 5.56 Å². The van der Waals surface area contributed by atoms with E-state index in [1.165, 1.54) is 67.9 Å². The molecule has 0 spiro atoms. The van der Waals surface area contributed by atoms with Crippen LogP contribution in [0.4, 0.5) is 0 Å². The molecule has 0 radical (unpaired) electrons. The first-order valence-electron chi connectivity index (χ1n) is 8.66. The highest BCUT2D eigenvalue weighted by Gasteiger charge is 2.17. The number of aryl methyl sites for hydroxylation is 1. The Morgan fingerprint density at radius 3 is 2.76 bits per heavy atom. The van der Waals surface area contributed by atoms with Gasteiger partial charge in [-0.25, -0.2) is 0 Å². The molecule has 2 rings (SSSR count). The Labute approximate surface area is 139 Å². The number of rotatable bonds is 8. The summed E-state index contributed by atoms with van der Waals surface area (Å²) in [6.07, 6.45) is 10.6. The minimum absolute atomic E-state index is 0.689. The van der Waals surface area contributed by atoms with Crippen LogP contribution in [-0.2, 0) is 12.8 Å². The fourth-order valence-electron chi connectivity index (χ4n) is 3.24. The zero-order valence-corrected chi connectivity index (χ0v) is 15.2. The van der Waals surface area contributed by atoms with Crippen LogP contribution in [0.3, 0.4) is 0 Å². The van der Waals surface area contributed by atoms with Crippen molar-refractivity contribution in [3.05, 3.63) is 33.8 Å². The molecule has 1 unspecified atom stereocenters. The third-order valence-corrected chi connectivity index (χ3v) is 5.03. The van der Waals surface area contributed by atoms with Crippen LogP contribution in [0, 0.1) is 5.92 Å². The molecule has 0 heterocycles. The molecule has 1 atom stereocenters. The topological polar surface area (TPSA) is 12.0 Å². The molecule has 0 amide bonds. The van der Waals surface area contributed by atoms with E-state index in [9.17, 15) is 0 Å². The second-order valence-corrected chi connectivity index (χ2v) is 7.82. The fourth-order valence-corrected chi connectivity index (χ4v) is 3.64. The van der Waals surface area contributed by atoms with E-state index in [0.717, 1.165) is 5.92 Å². The van der Waals surface area contributed by atoms with E-state index in [-0.39, 0.29) is 0 Å². The summed E-state index contributed by atoms with van der Waals surface area (Å²) >= 11 is 3.57. The number of halogens is 1. The molecule has 0 aliphatic heterocycles. The summed E-state index contributed by atoms with van der Waals surface area (Å²) in [5.41, 5.74) is 3.08. The van der Waals surface area contributed by atoms with Crippen molar-refractivity contribution in [2.45, 2.75) is 71.3 Å². The maximum Gasteiger partial charge on any atom is 0.0178 e. The molecular formula is C19H30BrN. The van der Waals surface area contributed by atoms with Gasteiger partial charge < -0.3 is 5.32 Å². The molecule has 1 aliphatic rings. The quantitative estimate of drug-likeness (QED) is 0.609. The largest absolute Gasteiger partial charge is 0.314 e. The summed E-state index contributed by atoms with van der Waals surface area (Å²) in [6, 6.07) is 7.45. The zero-order valence-electron chi connectivity index (χ0n) is 13.6. The molecule has 1 aliphatic carbocycles. The van der Waals surface area contributed by atoms with E-state index in [4.69, 9.17) is 0 Å². The fraction of sp³-hybridized carbons (Fsp3) is 0.684. The molecule has 0 fully saturated rings. The predicted octanol–water partition coefficient (Wildman–Crippen LogP) is 5.50. The normalized spacial score (nSPS) is 18.0. The maximum atomic E-state index is 3.77. The van der Waals surface area contributed by atoms with Crippen molar-refractivity contribution >= 4 is 15.9 Å². The van der Waals surface area contributed by atoms with Crippen LogP contribution in [0.1, 0.15) is 63.5 Å². The molecule has 0 bridgehead atoms. The lowest BCUT2D eigenvalue weighted by atomic mass is 9.88. The summed E-state index contributed by atoms with van der Waals surface area (Å²) in [7, 11) is 0. The van der Waals surface area contributed by atoms with Gasteiger partial charge in [-0.15, -0.1) is 0 Å². The standard InChI is InChI=1S/C19H30BrN/c1-15(2)7-5-3-4-6-12-21-19-11-9-16-13-18(20)10-8-17(16)14-19/h8,10,13,15,19,21H,3-7,9,11-12,14H2,1-2H3. The van der Waals surface area contributed by atoms with Crippen LogP contribution in [0.15, 0.2) is 22.7 Å². The minimum Gasteiger partial charge on any atom is -0.314 e. The molecule has 118 valence electrons. The van der Waals surface area contributed by atoms with E-state index in [1.807, 2.05) is 0 Å². The van der Waals surface area contributed by atoms with Gasteiger partial charge in [-0.05, 0) is 61.4 Å². The van der Waals surface area contributed by atoms with Crippen molar-refractivity contribution in [2.75, 3.05) is 6.54 Å². The summed E-state index contributed by atoms with van der Waals surface area (Å²) < 4.78 is 1.22. The van der Waals surface area contributed by atoms with Crippen molar-refractivity contribution in [1.29, 1.82) is 0 Å². The Morgan fingerprint density at radius 2 is 1.95 bits per heavy atom. The van der Waals surface area contributed by atoms with Crippen molar-refractivity contribution < 1.29 is 0 Å². The molecule has 0 saturated carbocycles. The smallest absolute Gasteiger partial charge is 0.0178 e. The molecule has 2 heteroatoms. The van der Waals surface area contributed by atoms with Gasteiger partial charge in [0.1, 0.15) is 0 Å². The van der Waals surface area contributed by atoms with Crippen LogP contribution >= 0.6 is 15.9 Å². The zero-order chi connectivity index (χ0) is 15.1. The van der Waals surface area contributed by atoms with Gasteiger partial charge in [0.05, 0.1) is 0 Å². The first-order chi connectivity index (χ1) is 10.1. The van der Waals surface area contributed by atoms with Crippen molar-refractivity contribution in [3.63, 3.8) is 0 Å². The van der Waals surface area contributed by atoms with Crippen molar-refractivity contribution in [1.82, 2.24) is 5.32 Å². The van der Waals surface area contributed by atoms with Gasteiger partial charge in [0.2, 0.25) is 0 Å². The second kappa shape index (κ2) is 8.95. The predicted molar refractivity (Wildman–Crippen MR) is 95.9 cm³/mol. The number of nitrogens with one attached hydrogen (secondary N) is 1. The average molecular weight is 352 g/mol. The number of fused-ring (bicyclic) bond motifs is 1. The molecular weight excluding hydrogens is 322 g/mol. The molecule has 21 heavy (non-hydrogen) atoms. The maximum absolute atomic E-state index is 3.77. The van der Waals surface area contributed by atoms with Gasteiger partial charge in [0.15, 0.2) is 0 Å². The van der Waals surface area contributed by atoms with Crippen LogP contribution in [0.25, 0.3) is 0 Å². The number of unbranched alkanes of at least 4 members (excludes halogenated alkanes) is 3. The summed E-state index contributed by atoms with van der Waals surface area (Å²) in [5, 5.41) is 3.77. The molecule has 1 nitrogen and oxygen atoms in total. The summed E-state index contributed by atoms with van der Waals surface area (Å²) in [6.45, 7) is 5.83. The van der Waals surface area contributed by atoms with Gasteiger partial charge in [-0.3, -0.25) is 0 Å². The SMILES string of the molecule is CC(C)CCCCCCNC1CCc2cc(Br)ccc2C1. The molecule has 0 saturated heterocycles. The van der Waals surface area contributed by atoms with Crippen LogP contribution in [0.2, 0.25) is 0 Å². The van der Waals surface area contributed by atoms with Crippen molar-refractivity contribution in [3.8, 4) is 0 Å².